The smallest absolute Gasteiger partial charge is 0.260 e. The van der Waals surface area contributed by atoms with Crippen molar-refractivity contribution in [3.05, 3.63) is 58.9 Å². The van der Waals surface area contributed by atoms with Gasteiger partial charge in [0.25, 0.3) is 5.91 Å². The maximum absolute atomic E-state index is 12.9. The number of anilines is 1. The van der Waals surface area contributed by atoms with Crippen molar-refractivity contribution in [3.8, 4) is 5.75 Å². The molecule has 2 aromatic rings. The average Bonchev–Trinajstić information content (AvgIpc) is 2.70. The van der Waals surface area contributed by atoms with Gasteiger partial charge in [-0.15, -0.1) is 0 Å². The maximum Gasteiger partial charge on any atom is 0.260 e. The quantitative estimate of drug-likeness (QED) is 0.782. The fourth-order valence-corrected chi connectivity index (χ4v) is 3.22. The first-order valence-electron chi connectivity index (χ1n) is 9.35. The van der Waals surface area contributed by atoms with E-state index in [2.05, 4.69) is 5.32 Å². The van der Waals surface area contributed by atoms with E-state index in [0.717, 1.165) is 5.56 Å². The summed E-state index contributed by atoms with van der Waals surface area (Å²) in [5.74, 6) is -0.139. The molecule has 0 aliphatic carbocycles. The fourth-order valence-electron chi connectivity index (χ4n) is 3.04. The van der Waals surface area contributed by atoms with Gasteiger partial charge in [0.15, 0.2) is 6.61 Å². The minimum atomic E-state index is -0.350. The number of nitrogens with zero attached hydrogens (tertiary/aromatic N) is 2. The Morgan fingerprint density at radius 2 is 1.79 bits per heavy atom. The highest BCUT2D eigenvalue weighted by atomic mass is 35.5. The second-order valence-corrected chi connectivity index (χ2v) is 7.34. The summed E-state index contributed by atoms with van der Waals surface area (Å²) in [6.45, 7) is 4.29. The number of nitrogens with one attached hydrogen (secondary N) is 1. The summed E-state index contributed by atoms with van der Waals surface area (Å²) in [7, 11) is 0. The Hall–Kier alpha value is -2.64. The van der Waals surface area contributed by atoms with Gasteiger partial charge in [-0.2, -0.15) is 0 Å². The second kappa shape index (κ2) is 9.71. The van der Waals surface area contributed by atoms with Gasteiger partial charge in [0, 0.05) is 31.9 Å². The minimum Gasteiger partial charge on any atom is -0.482 e. The van der Waals surface area contributed by atoms with Crippen LogP contribution in [0.1, 0.15) is 5.56 Å². The van der Waals surface area contributed by atoms with E-state index < -0.39 is 0 Å². The first-order chi connectivity index (χ1) is 13.9. The molecule has 1 fully saturated rings. The lowest BCUT2D eigenvalue weighted by Crippen LogP contribution is -2.51. The Balaban J connectivity index is 1.41. The van der Waals surface area contributed by atoms with E-state index in [9.17, 15) is 14.0 Å². The molecule has 29 heavy (non-hydrogen) atoms. The van der Waals surface area contributed by atoms with E-state index in [1.807, 2.05) is 17.9 Å². The van der Waals surface area contributed by atoms with Crippen LogP contribution in [0, 0.1) is 12.7 Å². The molecule has 154 valence electrons. The van der Waals surface area contributed by atoms with Crippen LogP contribution in [0.2, 0.25) is 5.02 Å². The van der Waals surface area contributed by atoms with E-state index in [1.165, 1.54) is 24.3 Å². The molecule has 6 nitrogen and oxygen atoms in total. The van der Waals surface area contributed by atoms with Gasteiger partial charge >= 0.3 is 0 Å². The van der Waals surface area contributed by atoms with Crippen molar-refractivity contribution in [2.75, 3.05) is 44.6 Å². The second-order valence-electron chi connectivity index (χ2n) is 6.93. The van der Waals surface area contributed by atoms with Gasteiger partial charge in [0.2, 0.25) is 5.91 Å². The Kier molecular flexibility index (Phi) is 7.06. The maximum atomic E-state index is 12.9. The van der Waals surface area contributed by atoms with Gasteiger partial charge in [0.05, 0.1) is 11.6 Å². The lowest BCUT2D eigenvalue weighted by atomic mass is 10.2. The van der Waals surface area contributed by atoms with Gasteiger partial charge in [-0.05, 0) is 48.9 Å². The molecule has 0 saturated carbocycles. The van der Waals surface area contributed by atoms with Crippen molar-refractivity contribution in [2.45, 2.75) is 6.92 Å². The summed E-state index contributed by atoms with van der Waals surface area (Å²) in [5.41, 5.74) is 1.56. The Morgan fingerprint density at radius 1 is 1.10 bits per heavy atom. The molecule has 8 heteroatoms. The molecule has 0 unspecified atom stereocenters. The van der Waals surface area contributed by atoms with Crippen molar-refractivity contribution >= 4 is 29.1 Å². The van der Waals surface area contributed by atoms with Crippen molar-refractivity contribution < 1.29 is 18.7 Å². The topological polar surface area (TPSA) is 61.9 Å². The summed E-state index contributed by atoms with van der Waals surface area (Å²) in [6.07, 6.45) is 0. The van der Waals surface area contributed by atoms with Crippen LogP contribution in [0.15, 0.2) is 42.5 Å². The molecule has 1 heterocycles. The molecular formula is C21H23ClFN3O3. The Morgan fingerprint density at radius 3 is 2.48 bits per heavy atom. The van der Waals surface area contributed by atoms with Crippen molar-refractivity contribution in [1.29, 1.82) is 0 Å². The van der Waals surface area contributed by atoms with Crippen LogP contribution in [0.25, 0.3) is 0 Å². The number of rotatable bonds is 6. The fraction of sp³-hybridized carbons (Fsp3) is 0.333. The third-order valence-electron chi connectivity index (χ3n) is 4.66. The standard InChI is InChI=1S/C21H23ClFN3O3/c1-15-2-7-18(22)19(12-15)29-14-21(28)26-10-8-25(9-11-26)13-20(27)24-17-5-3-16(23)4-6-17/h2-7,12H,8-11,13-14H2,1H3,(H,24,27). The minimum absolute atomic E-state index is 0.0752. The number of ether oxygens (including phenoxy) is 1. The molecule has 2 amide bonds. The number of halogens is 2. The first-order valence-corrected chi connectivity index (χ1v) is 9.73. The molecule has 0 radical (unpaired) electrons. The number of amides is 2. The summed E-state index contributed by atoms with van der Waals surface area (Å²) in [6, 6.07) is 11.1. The van der Waals surface area contributed by atoms with Crippen molar-refractivity contribution in [3.63, 3.8) is 0 Å². The average molecular weight is 420 g/mol. The zero-order valence-electron chi connectivity index (χ0n) is 16.2. The molecule has 0 atom stereocenters. The number of hydrogen-bond donors (Lipinski definition) is 1. The SMILES string of the molecule is Cc1ccc(Cl)c(OCC(=O)N2CCN(CC(=O)Nc3ccc(F)cc3)CC2)c1. The zero-order chi connectivity index (χ0) is 20.8. The number of benzene rings is 2. The molecule has 1 aliphatic rings. The van der Waals surface area contributed by atoms with E-state index in [4.69, 9.17) is 16.3 Å². The molecule has 0 aromatic heterocycles. The van der Waals surface area contributed by atoms with Crippen molar-refractivity contribution in [2.24, 2.45) is 0 Å². The highest BCUT2D eigenvalue weighted by Crippen LogP contribution is 2.25. The lowest BCUT2D eigenvalue weighted by Gasteiger charge is -2.34. The number of aryl methyl sites for hydroxylation is 1. The predicted octanol–water partition coefficient (Wildman–Crippen LogP) is 2.95. The zero-order valence-corrected chi connectivity index (χ0v) is 16.9. The molecular weight excluding hydrogens is 397 g/mol. The summed E-state index contributed by atoms with van der Waals surface area (Å²) >= 11 is 6.09. The predicted molar refractivity (Wildman–Crippen MR) is 110 cm³/mol. The van der Waals surface area contributed by atoms with Gasteiger partial charge in [0.1, 0.15) is 11.6 Å². The number of piperazine rings is 1. The molecule has 0 spiro atoms. The van der Waals surface area contributed by atoms with Gasteiger partial charge in [-0.3, -0.25) is 14.5 Å². The monoisotopic (exact) mass is 419 g/mol. The summed E-state index contributed by atoms with van der Waals surface area (Å²) in [5, 5.41) is 3.21. The van der Waals surface area contributed by atoms with E-state index >= 15 is 0 Å². The van der Waals surface area contributed by atoms with Gasteiger partial charge < -0.3 is 15.0 Å². The number of hydrogen-bond acceptors (Lipinski definition) is 4. The van der Waals surface area contributed by atoms with Crippen LogP contribution in [-0.2, 0) is 9.59 Å². The molecule has 1 N–H and O–H groups in total. The molecule has 0 bridgehead atoms. The first kappa shape index (κ1) is 21.1. The van der Waals surface area contributed by atoms with E-state index in [-0.39, 0.29) is 30.8 Å². The van der Waals surface area contributed by atoms with Crippen LogP contribution in [0.5, 0.6) is 5.75 Å². The molecule has 1 saturated heterocycles. The third-order valence-corrected chi connectivity index (χ3v) is 4.97. The highest BCUT2D eigenvalue weighted by Gasteiger charge is 2.23. The highest BCUT2D eigenvalue weighted by molar-refractivity contribution is 6.32. The summed E-state index contributed by atoms with van der Waals surface area (Å²) in [4.78, 5) is 28.2. The van der Waals surface area contributed by atoms with Gasteiger partial charge in [-0.1, -0.05) is 17.7 Å². The number of carbonyl (C=O) groups is 2. The van der Waals surface area contributed by atoms with Crippen LogP contribution in [0.4, 0.5) is 10.1 Å². The third kappa shape index (κ3) is 6.17. The Bertz CT molecular complexity index is 868. The molecule has 2 aromatic carbocycles. The largest absolute Gasteiger partial charge is 0.482 e. The lowest BCUT2D eigenvalue weighted by molar-refractivity contribution is -0.135. The van der Waals surface area contributed by atoms with Crippen LogP contribution < -0.4 is 10.1 Å². The molecule has 3 rings (SSSR count). The normalized spacial score (nSPS) is 14.5. The van der Waals surface area contributed by atoms with Crippen LogP contribution >= 0.6 is 11.6 Å². The van der Waals surface area contributed by atoms with Crippen LogP contribution in [0.3, 0.4) is 0 Å². The number of carbonyl (C=O) groups excluding carboxylic acids is 2. The van der Waals surface area contributed by atoms with Gasteiger partial charge in [-0.25, -0.2) is 4.39 Å². The van der Waals surface area contributed by atoms with E-state index in [1.54, 1.807) is 17.0 Å². The summed E-state index contributed by atoms with van der Waals surface area (Å²) < 4.78 is 18.5. The van der Waals surface area contributed by atoms with Crippen molar-refractivity contribution in [1.82, 2.24) is 9.80 Å². The molecule has 1 aliphatic heterocycles. The van der Waals surface area contributed by atoms with E-state index in [0.29, 0.717) is 42.6 Å². The Labute approximate surface area is 174 Å². The van der Waals surface area contributed by atoms with Crippen LogP contribution in [-0.4, -0.2) is 60.9 Å².